The van der Waals surface area contributed by atoms with Crippen molar-refractivity contribution in [1.29, 1.82) is 0 Å². The molecule has 1 nitrogen and oxygen atoms in total. The molecule has 3 aliphatic carbocycles. The van der Waals surface area contributed by atoms with Gasteiger partial charge >= 0.3 is 0 Å². The molecule has 148 valence electrons. The molecule has 0 radical (unpaired) electrons. The lowest BCUT2D eigenvalue weighted by atomic mass is 9.46. The molecule has 0 aliphatic heterocycles. The summed E-state index contributed by atoms with van der Waals surface area (Å²) in [7, 11) is 0. The number of aliphatic hydroxyl groups is 1. The van der Waals surface area contributed by atoms with Crippen LogP contribution in [0.1, 0.15) is 61.6 Å². The van der Waals surface area contributed by atoms with Crippen molar-refractivity contribution in [2.24, 2.45) is 23.2 Å². The van der Waals surface area contributed by atoms with Crippen molar-refractivity contribution in [1.82, 2.24) is 0 Å². The van der Waals surface area contributed by atoms with E-state index in [1.54, 1.807) is 0 Å². The maximum atomic E-state index is 13.4. The summed E-state index contributed by atoms with van der Waals surface area (Å²) < 4.78 is 13.4. The van der Waals surface area contributed by atoms with E-state index < -0.39 is 5.60 Å². The Morgan fingerprint density at radius 1 is 1.04 bits per heavy atom. The smallest absolute Gasteiger partial charge is 0.123 e. The molecule has 5 rings (SSSR count). The van der Waals surface area contributed by atoms with E-state index in [2.05, 4.69) is 19.1 Å². The summed E-state index contributed by atoms with van der Waals surface area (Å²) in [5, 5.41) is 12.3. The lowest BCUT2D eigenvalue weighted by Crippen LogP contribution is -2.56. The van der Waals surface area contributed by atoms with Crippen LogP contribution in [0, 0.1) is 35.9 Å². The molecule has 5 unspecified atom stereocenters. The summed E-state index contributed by atoms with van der Waals surface area (Å²) in [5.41, 5.74) is 2.86. The minimum absolute atomic E-state index is 0.216. The molecule has 1 N–H and O–H groups in total. The minimum Gasteiger partial charge on any atom is -0.385 e. The van der Waals surface area contributed by atoms with Crippen LogP contribution in [0.2, 0.25) is 0 Å². The number of fused-ring (bicyclic) bond motifs is 1. The van der Waals surface area contributed by atoms with E-state index in [-0.39, 0.29) is 5.82 Å². The molecule has 2 bridgehead atoms. The second kappa shape index (κ2) is 6.69. The van der Waals surface area contributed by atoms with Crippen LogP contribution < -0.4 is 0 Å². The van der Waals surface area contributed by atoms with Gasteiger partial charge in [0.2, 0.25) is 0 Å². The van der Waals surface area contributed by atoms with Gasteiger partial charge in [0.15, 0.2) is 0 Å². The summed E-state index contributed by atoms with van der Waals surface area (Å²) in [4.78, 5) is 0. The van der Waals surface area contributed by atoms with Crippen molar-refractivity contribution in [2.75, 3.05) is 0 Å². The average molecular weight is 379 g/mol. The molecule has 2 aromatic rings. The predicted molar refractivity (Wildman–Crippen MR) is 110 cm³/mol. The van der Waals surface area contributed by atoms with Gasteiger partial charge in [-0.25, -0.2) is 4.39 Å². The third-order valence-corrected chi connectivity index (χ3v) is 8.38. The van der Waals surface area contributed by atoms with E-state index in [1.807, 2.05) is 24.3 Å². The van der Waals surface area contributed by atoms with Crippen molar-refractivity contribution in [3.8, 4) is 0 Å². The molecule has 2 aromatic carbocycles. The van der Waals surface area contributed by atoms with Crippen LogP contribution in [0.4, 0.5) is 4.39 Å². The molecule has 3 aliphatic rings. The Morgan fingerprint density at radius 2 is 1.82 bits per heavy atom. The first-order valence-corrected chi connectivity index (χ1v) is 11.0. The topological polar surface area (TPSA) is 20.2 Å². The van der Waals surface area contributed by atoms with Crippen LogP contribution in [-0.2, 0) is 12.0 Å². The first kappa shape index (κ1) is 18.4. The van der Waals surface area contributed by atoms with Crippen LogP contribution in [-0.4, -0.2) is 5.11 Å². The van der Waals surface area contributed by atoms with Crippen LogP contribution in [0.5, 0.6) is 0 Å². The van der Waals surface area contributed by atoms with Crippen molar-refractivity contribution in [3.63, 3.8) is 0 Å². The van der Waals surface area contributed by atoms with E-state index >= 15 is 0 Å². The van der Waals surface area contributed by atoms with Crippen LogP contribution >= 0.6 is 0 Å². The Morgan fingerprint density at radius 3 is 2.61 bits per heavy atom. The Bertz CT molecular complexity index is 857. The molecule has 0 heterocycles. The molecule has 3 fully saturated rings. The van der Waals surface area contributed by atoms with Crippen LogP contribution in [0.25, 0.3) is 0 Å². The molecule has 2 heteroatoms. The normalized spacial score (nSPS) is 33.5. The number of halogens is 1. The predicted octanol–water partition coefficient (Wildman–Crippen LogP) is 6.17. The van der Waals surface area contributed by atoms with Gasteiger partial charge in [-0.05, 0) is 91.0 Å². The summed E-state index contributed by atoms with van der Waals surface area (Å²) in [6.45, 7) is 2.11. The van der Waals surface area contributed by atoms with Crippen LogP contribution in [0.15, 0.2) is 48.5 Å². The third kappa shape index (κ3) is 2.84. The summed E-state index contributed by atoms with van der Waals surface area (Å²) in [5.74, 6) is 1.64. The SMILES string of the molecule is Cc1ccccc1C(O)(Cc1ccc(F)cc1)C1CC23CCC(CCCC12)C3. The molecule has 28 heavy (non-hydrogen) atoms. The van der Waals surface area contributed by atoms with E-state index in [0.29, 0.717) is 23.7 Å². The highest BCUT2D eigenvalue weighted by Crippen LogP contribution is 2.69. The molecule has 0 amide bonds. The second-order valence-electron chi connectivity index (χ2n) is 9.86. The Labute approximate surface area is 168 Å². The molecule has 1 spiro atoms. The van der Waals surface area contributed by atoms with Gasteiger partial charge in [0.1, 0.15) is 5.82 Å². The highest BCUT2D eigenvalue weighted by atomic mass is 19.1. The molecule has 5 atom stereocenters. The maximum absolute atomic E-state index is 13.4. The van der Waals surface area contributed by atoms with Gasteiger partial charge in [-0.3, -0.25) is 0 Å². The van der Waals surface area contributed by atoms with Gasteiger partial charge in [-0.1, -0.05) is 49.2 Å². The fraction of sp³-hybridized carbons (Fsp3) is 0.538. The summed E-state index contributed by atoms with van der Waals surface area (Å²) in [6, 6.07) is 15.0. The maximum Gasteiger partial charge on any atom is 0.123 e. The standard InChI is InChI=1S/C26H31FO/c1-18-5-2-3-7-22(18)26(28,16-20-9-11-21(27)12-10-20)24-17-25-14-13-19(15-25)6-4-8-23(24)25/h2-3,5,7,9-12,19,23-24,28H,4,6,8,13-17H2,1H3. The zero-order valence-electron chi connectivity index (χ0n) is 16.8. The largest absolute Gasteiger partial charge is 0.385 e. The first-order valence-electron chi connectivity index (χ1n) is 11.0. The second-order valence-corrected chi connectivity index (χ2v) is 9.86. The Balaban J connectivity index is 1.53. The minimum atomic E-state index is -0.873. The lowest BCUT2D eigenvalue weighted by Gasteiger charge is -2.59. The fourth-order valence-electron chi connectivity index (χ4n) is 7.07. The summed E-state index contributed by atoms with van der Waals surface area (Å²) >= 11 is 0. The van der Waals surface area contributed by atoms with Gasteiger partial charge in [-0.15, -0.1) is 0 Å². The number of benzene rings is 2. The highest BCUT2D eigenvalue weighted by Gasteiger charge is 2.62. The van der Waals surface area contributed by atoms with Crippen molar-refractivity contribution in [3.05, 3.63) is 71.0 Å². The Hall–Kier alpha value is -1.67. The molecule has 0 saturated heterocycles. The third-order valence-electron chi connectivity index (χ3n) is 8.38. The quantitative estimate of drug-likeness (QED) is 0.674. The molecular weight excluding hydrogens is 347 g/mol. The van der Waals surface area contributed by atoms with Crippen molar-refractivity contribution in [2.45, 2.75) is 63.9 Å². The van der Waals surface area contributed by atoms with Gasteiger partial charge in [-0.2, -0.15) is 0 Å². The average Bonchev–Trinajstić information content (AvgIpc) is 3.06. The van der Waals surface area contributed by atoms with Gasteiger partial charge in [0.05, 0.1) is 5.60 Å². The van der Waals surface area contributed by atoms with Crippen molar-refractivity contribution < 1.29 is 9.50 Å². The number of hydrogen-bond acceptors (Lipinski definition) is 1. The van der Waals surface area contributed by atoms with Gasteiger partial charge < -0.3 is 5.11 Å². The highest BCUT2D eigenvalue weighted by molar-refractivity contribution is 5.36. The van der Waals surface area contributed by atoms with Gasteiger partial charge in [0, 0.05) is 6.42 Å². The van der Waals surface area contributed by atoms with E-state index in [1.165, 1.54) is 50.7 Å². The van der Waals surface area contributed by atoms with Crippen molar-refractivity contribution >= 4 is 0 Å². The fourth-order valence-corrected chi connectivity index (χ4v) is 7.07. The molecule has 3 saturated carbocycles. The van der Waals surface area contributed by atoms with E-state index in [0.717, 1.165) is 29.0 Å². The lowest BCUT2D eigenvalue weighted by molar-refractivity contribution is -0.164. The monoisotopic (exact) mass is 378 g/mol. The number of aryl methyl sites for hydroxylation is 1. The zero-order valence-corrected chi connectivity index (χ0v) is 16.8. The number of rotatable bonds is 4. The van der Waals surface area contributed by atoms with Gasteiger partial charge in [0.25, 0.3) is 0 Å². The van der Waals surface area contributed by atoms with E-state index in [9.17, 15) is 9.50 Å². The summed E-state index contributed by atoms with van der Waals surface area (Å²) in [6.07, 6.45) is 9.81. The number of hydrogen-bond donors (Lipinski definition) is 1. The van der Waals surface area contributed by atoms with Crippen LogP contribution in [0.3, 0.4) is 0 Å². The zero-order chi connectivity index (χ0) is 19.4. The van der Waals surface area contributed by atoms with E-state index in [4.69, 9.17) is 0 Å². The molecular formula is C26H31FO. The Kier molecular flexibility index (Phi) is 4.39. The first-order chi connectivity index (χ1) is 13.5. The molecule has 0 aromatic heterocycles.